The minimum atomic E-state index is -1.01. The Kier molecular flexibility index (Phi) is 11.8. The van der Waals surface area contributed by atoms with Crippen molar-refractivity contribution in [1.29, 1.82) is 0 Å². The monoisotopic (exact) mass is 546 g/mol. The number of Topliss-reactive ketones (excluding diaryl/α,β-unsaturated/α-hetero) is 1. The normalized spacial score (nSPS) is 32.4. The van der Waals surface area contributed by atoms with Gasteiger partial charge in [0.05, 0.1) is 25.0 Å². The number of hydrogen-bond donors (Lipinski definition) is 3. The molecular weight excluding hydrogens is 508 g/mol. The van der Waals surface area contributed by atoms with Gasteiger partial charge in [-0.25, -0.2) is 4.79 Å². The number of aliphatic hydroxyl groups excluding tert-OH is 1. The van der Waals surface area contributed by atoms with E-state index in [1.807, 2.05) is 6.92 Å². The molecule has 214 valence electrons. The fourth-order valence-electron chi connectivity index (χ4n) is 4.40. The highest BCUT2D eigenvalue weighted by molar-refractivity contribution is 6.23. The summed E-state index contributed by atoms with van der Waals surface area (Å²) in [6.07, 6.45) is 5.06. The minimum absolute atomic E-state index is 0.0807. The molecule has 11 nitrogen and oxygen atoms in total. The number of carbonyl (C=O) groups excluding carboxylic acids is 4. The lowest BCUT2D eigenvalue weighted by atomic mass is 9.86. The molecule has 0 aromatic rings. The number of carbonyl (C=O) groups is 4. The van der Waals surface area contributed by atoms with Gasteiger partial charge in [0.25, 0.3) is 5.91 Å². The molecule has 1 aliphatic carbocycles. The van der Waals surface area contributed by atoms with Crippen LogP contribution in [0.2, 0.25) is 0 Å². The van der Waals surface area contributed by atoms with Gasteiger partial charge in [0.1, 0.15) is 6.10 Å². The number of methoxy groups -OCH3 is 3. The smallest absolute Gasteiger partial charge is 0.405 e. The topological polar surface area (TPSA) is 163 Å². The van der Waals surface area contributed by atoms with E-state index in [-0.39, 0.29) is 34.9 Å². The maximum atomic E-state index is 13.3. The maximum Gasteiger partial charge on any atom is 0.405 e. The molecule has 11 heteroatoms. The Morgan fingerprint density at radius 1 is 1.05 bits per heavy atom. The number of fused-ring (bicyclic) bond motifs is 2. The van der Waals surface area contributed by atoms with E-state index in [1.54, 1.807) is 25.2 Å². The zero-order chi connectivity index (χ0) is 29.3. The standard InChI is InChI=1S/C28H38N2O9/c1-15-12-18-25(33)19(14-20(31)26(18)38-6)30-27(34)17(3)8-7-9-21(36-4)22(39-28(29)35)11-10-16(2)24(32)23(13-15)37-5/h7-11,14-16,21-24,32H,12-13H2,1-6H3,(H2,29,35)(H,30,34)/b9-7-,11-10+,17-8+/t15-,16+,21?,22+,23+,24-/m1/s1. The van der Waals surface area contributed by atoms with Crippen LogP contribution in [0.5, 0.6) is 0 Å². The van der Waals surface area contributed by atoms with Gasteiger partial charge in [0.15, 0.2) is 11.9 Å². The molecule has 0 saturated heterocycles. The van der Waals surface area contributed by atoms with Gasteiger partial charge in [-0.15, -0.1) is 0 Å². The third-order valence-electron chi connectivity index (χ3n) is 6.61. The third-order valence-corrected chi connectivity index (χ3v) is 6.61. The van der Waals surface area contributed by atoms with Gasteiger partial charge in [-0.2, -0.15) is 0 Å². The fraction of sp³-hybridized carbons (Fsp3) is 0.500. The first kappa shape index (κ1) is 31.7. The van der Waals surface area contributed by atoms with E-state index >= 15 is 0 Å². The van der Waals surface area contributed by atoms with Crippen molar-refractivity contribution >= 4 is 23.6 Å². The van der Waals surface area contributed by atoms with Crippen LogP contribution in [-0.2, 0) is 33.3 Å². The largest absolute Gasteiger partial charge is 0.492 e. The Labute approximate surface area is 228 Å². The van der Waals surface area contributed by atoms with Crippen molar-refractivity contribution in [2.45, 2.75) is 58.0 Å². The van der Waals surface area contributed by atoms with E-state index in [9.17, 15) is 24.3 Å². The number of nitrogens with two attached hydrogens (primary N) is 1. The van der Waals surface area contributed by atoms with Crippen LogP contribution in [-0.4, -0.2) is 74.4 Å². The quantitative estimate of drug-likeness (QED) is 0.353. The molecule has 0 aromatic heterocycles. The SMILES string of the molecule is COC1=C2C[C@@H](C)C[C@H](OC)[C@H](O)[C@@H](C)/C=C/[C@H](OC(N)=O)C(OC)/C=C\C=C(/C)C(=O)NC(=CC1=O)C2=O. The average molecular weight is 547 g/mol. The molecule has 0 fully saturated rings. The molecule has 39 heavy (non-hydrogen) atoms. The summed E-state index contributed by atoms with van der Waals surface area (Å²) in [6.45, 7) is 5.16. The summed E-state index contributed by atoms with van der Waals surface area (Å²) in [5.74, 6) is -2.38. The molecule has 2 amide bonds. The molecular formula is C28H38N2O9. The molecule has 1 heterocycles. The first-order valence-corrected chi connectivity index (χ1v) is 12.6. The number of ketones is 2. The summed E-state index contributed by atoms with van der Waals surface area (Å²) in [4.78, 5) is 50.3. The molecule has 6 atom stereocenters. The number of nitrogens with one attached hydrogen (secondary N) is 1. The van der Waals surface area contributed by atoms with Crippen LogP contribution in [0, 0.1) is 11.8 Å². The van der Waals surface area contributed by atoms with E-state index in [0.29, 0.717) is 6.42 Å². The molecule has 2 bridgehead atoms. The third kappa shape index (κ3) is 8.47. The Morgan fingerprint density at radius 2 is 1.74 bits per heavy atom. The average Bonchev–Trinajstić information content (AvgIpc) is 2.89. The van der Waals surface area contributed by atoms with Crippen LogP contribution in [0.1, 0.15) is 33.6 Å². The Morgan fingerprint density at radius 3 is 2.33 bits per heavy atom. The number of rotatable bonds is 4. The molecule has 0 aromatic carbocycles. The highest BCUT2D eigenvalue weighted by atomic mass is 16.6. The summed E-state index contributed by atoms with van der Waals surface area (Å²) in [7, 11) is 4.19. The van der Waals surface area contributed by atoms with Crippen LogP contribution < -0.4 is 11.1 Å². The molecule has 0 saturated carbocycles. The van der Waals surface area contributed by atoms with E-state index in [0.717, 1.165) is 6.08 Å². The Bertz CT molecular complexity index is 1100. The zero-order valence-corrected chi connectivity index (χ0v) is 23.1. The lowest BCUT2D eigenvalue weighted by Crippen LogP contribution is -2.36. The molecule has 2 rings (SSSR count). The fourth-order valence-corrected chi connectivity index (χ4v) is 4.40. The van der Waals surface area contributed by atoms with Gasteiger partial charge in [0, 0.05) is 37.4 Å². The zero-order valence-electron chi connectivity index (χ0n) is 23.1. The number of primary amides is 1. The summed E-state index contributed by atoms with van der Waals surface area (Å²) in [5.41, 5.74) is 5.47. The second-order valence-electron chi connectivity index (χ2n) is 9.61. The van der Waals surface area contributed by atoms with Gasteiger partial charge in [-0.05, 0) is 31.8 Å². The number of amides is 2. The summed E-state index contributed by atoms with van der Waals surface area (Å²) >= 11 is 0. The summed E-state index contributed by atoms with van der Waals surface area (Å²) in [5, 5.41) is 13.5. The van der Waals surface area contributed by atoms with Gasteiger partial charge >= 0.3 is 6.09 Å². The lowest BCUT2D eigenvalue weighted by Gasteiger charge is -2.28. The molecule has 0 radical (unpaired) electrons. The van der Waals surface area contributed by atoms with Gasteiger partial charge in [-0.3, -0.25) is 14.4 Å². The predicted molar refractivity (Wildman–Crippen MR) is 142 cm³/mol. The first-order chi connectivity index (χ1) is 18.4. The maximum absolute atomic E-state index is 13.3. The van der Waals surface area contributed by atoms with E-state index in [4.69, 9.17) is 24.7 Å². The number of ether oxygens (including phenoxy) is 4. The van der Waals surface area contributed by atoms with E-state index in [1.165, 1.54) is 40.4 Å². The van der Waals surface area contributed by atoms with Crippen LogP contribution in [0.3, 0.4) is 0 Å². The second kappa shape index (κ2) is 14.6. The lowest BCUT2D eigenvalue weighted by molar-refractivity contribution is -0.120. The van der Waals surface area contributed by atoms with Crippen molar-refractivity contribution in [1.82, 2.24) is 5.32 Å². The van der Waals surface area contributed by atoms with Crippen molar-refractivity contribution in [3.05, 3.63) is 59.1 Å². The Hall–Kier alpha value is -3.54. The molecule has 2 aliphatic rings. The van der Waals surface area contributed by atoms with E-state index in [2.05, 4.69) is 5.32 Å². The highest BCUT2D eigenvalue weighted by Gasteiger charge is 2.33. The van der Waals surface area contributed by atoms with Crippen molar-refractivity contribution < 1.29 is 43.2 Å². The molecule has 4 N–H and O–H groups in total. The number of aliphatic hydroxyl groups is 1. The Balaban J connectivity index is 2.55. The molecule has 1 unspecified atom stereocenters. The van der Waals surface area contributed by atoms with Crippen LogP contribution in [0.4, 0.5) is 4.79 Å². The van der Waals surface area contributed by atoms with Crippen molar-refractivity contribution in [2.75, 3.05) is 21.3 Å². The van der Waals surface area contributed by atoms with E-state index < -0.39 is 53.9 Å². The first-order valence-electron chi connectivity index (χ1n) is 12.6. The molecule has 1 aliphatic heterocycles. The summed E-state index contributed by atoms with van der Waals surface area (Å²) < 4.78 is 21.5. The molecule has 0 spiro atoms. The van der Waals surface area contributed by atoms with Gasteiger partial charge in [0.2, 0.25) is 11.6 Å². The number of allylic oxidation sites excluding steroid dienone is 4. The minimum Gasteiger partial charge on any atom is -0.492 e. The van der Waals surface area contributed by atoms with Crippen molar-refractivity contribution in [3.63, 3.8) is 0 Å². The number of hydrogen-bond acceptors (Lipinski definition) is 9. The van der Waals surface area contributed by atoms with Crippen LogP contribution >= 0.6 is 0 Å². The van der Waals surface area contributed by atoms with Crippen molar-refractivity contribution in [2.24, 2.45) is 17.6 Å². The predicted octanol–water partition coefficient (Wildman–Crippen LogP) is 2.02. The van der Waals surface area contributed by atoms with Crippen LogP contribution in [0.25, 0.3) is 0 Å². The van der Waals surface area contributed by atoms with Gasteiger partial charge in [-0.1, -0.05) is 38.2 Å². The van der Waals surface area contributed by atoms with Crippen LogP contribution in [0.15, 0.2) is 59.1 Å². The highest BCUT2D eigenvalue weighted by Crippen LogP contribution is 2.29. The summed E-state index contributed by atoms with van der Waals surface area (Å²) in [6, 6.07) is 0. The van der Waals surface area contributed by atoms with Crippen molar-refractivity contribution in [3.8, 4) is 0 Å². The van der Waals surface area contributed by atoms with Gasteiger partial charge < -0.3 is 35.1 Å². The second-order valence-corrected chi connectivity index (χ2v) is 9.61.